The second kappa shape index (κ2) is 8.14. The summed E-state index contributed by atoms with van der Waals surface area (Å²) in [4.78, 5) is 14.6. The summed E-state index contributed by atoms with van der Waals surface area (Å²) in [6.07, 6.45) is 0.605. The van der Waals surface area contributed by atoms with Gasteiger partial charge in [0, 0.05) is 13.1 Å². The van der Waals surface area contributed by atoms with Crippen molar-refractivity contribution in [2.24, 2.45) is 0 Å². The number of nitrogens with zero attached hydrogens (tertiary/aromatic N) is 1. The van der Waals surface area contributed by atoms with Crippen LogP contribution in [-0.2, 0) is 21.2 Å². The number of rotatable bonds is 7. The zero-order valence-electron chi connectivity index (χ0n) is 16.0. The first-order valence-electron chi connectivity index (χ1n) is 9.30. The van der Waals surface area contributed by atoms with Crippen molar-refractivity contribution < 1.29 is 17.9 Å². The minimum absolute atomic E-state index is 0.0466. The second-order valence-electron chi connectivity index (χ2n) is 7.07. The third-order valence-electron chi connectivity index (χ3n) is 5.15. The summed E-state index contributed by atoms with van der Waals surface area (Å²) >= 11 is 1.60. The number of fused-ring (bicyclic) bond motifs is 1. The first-order chi connectivity index (χ1) is 14.0. The number of benzene rings is 2. The maximum atomic E-state index is 12.8. The molecule has 1 aromatic heterocycles. The summed E-state index contributed by atoms with van der Waals surface area (Å²) in [5, 5.41) is 8.69. The van der Waals surface area contributed by atoms with Gasteiger partial charge in [0.25, 0.3) is 0 Å². The number of amides is 1. The smallest absolute Gasteiger partial charge is 0.240 e. The van der Waals surface area contributed by atoms with E-state index in [0.29, 0.717) is 25.3 Å². The fraction of sp³-hybridized carbons (Fsp3) is 0.286. The Bertz CT molecular complexity index is 1130. The highest BCUT2D eigenvalue weighted by Crippen LogP contribution is 2.24. The van der Waals surface area contributed by atoms with Crippen molar-refractivity contribution >= 4 is 37.9 Å². The van der Waals surface area contributed by atoms with E-state index in [1.807, 2.05) is 35.0 Å². The summed E-state index contributed by atoms with van der Waals surface area (Å²) in [5.41, 5.74) is 1.10. The van der Waals surface area contributed by atoms with Gasteiger partial charge in [0.05, 0.1) is 18.0 Å². The Hall–Kier alpha value is -2.42. The van der Waals surface area contributed by atoms with Gasteiger partial charge in [-0.1, -0.05) is 12.1 Å². The van der Waals surface area contributed by atoms with Crippen molar-refractivity contribution in [3.8, 4) is 5.75 Å². The van der Waals surface area contributed by atoms with Crippen LogP contribution >= 0.6 is 11.3 Å². The van der Waals surface area contributed by atoms with E-state index >= 15 is 0 Å². The Kier molecular flexibility index (Phi) is 5.58. The van der Waals surface area contributed by atoms with Crippen LogP contribution in [-0.4, -0.2) is 44.8 Å². The lowest BCUT2D eigenvalue weighted by Crippen LogP contribution is -2.40. The van der Waals surface area contributed by atoms with Crippen LogP contribution in [0, 0.1) is 0 Å². The van der Waals surface area contributed by atoms with Crippen molar-refractivity contribution in [2.75, 3.05) is 19.5 Å². The van der Waals surface area contributed by atoms with Crippen LogP contribution < -0.4 is 10.1 Å². The van der Waals surface area contributed by atoms with Crippen LogP contribution in [0.2, 0.25) is 0 Å². The summed E-state index contributed by atoms with van der Waals surface area (Å²) < 4.78 is 30.8. The molecule has 0 aliphatic carbocycles. The minimum atomic E-state index is -3.57. The van der Waals surface area contributed by atoms with Gasteiger partial charge in [-0.3, -0.25) is 10.1 Å². The highest BCUT2D eigenvalue weighted by molar-refractivity contribution is 7.91. The van der Waals surface area contributed by atoms with Gasteiger partial charge in [0.15, 0.2) is 9.84 Å². The molecule has 1 aliphatic heterocycles. The molecule has 0 radical (unpaired) electrons. The number of hydrogen-bond donors (Lipinski definition) is 1. The van der Waals surface area contributed by atoms with E-state index in [4.69, 9.17) is 4.74 Å². The third kappa shape index (κ3) is 4.29. The Balaban J connectivity index is 1.43. The lowest BCUT2D eigenvalue weighted by Gasteiger charge is -2.16. The molecule has 29 heavy (non-hydrogen) atoms. The molecule has 8 heteroatoms. The summed E-state index contributed by atoms with van der Waals surface area (Å²) in [6.45, 7) is 1.20. The van der Waals surface area contributed by atoms with Crippen molar-refractivity contribution in [1.82, 2.24) is 10.2 Å². The van der Waals surface area contributed by atoms with Gasteiger partial charge < -0.3 is 9.64 Å². The molecule has 1 fully saturated rings. The van der Waals surface area contributed by atoms with Gasteiger partial charge in [-0.15, -0.1) is 0 Å². The zero-order valence-corrected chi connectivity index (χ0v) is 17.6. The second-order valence-corrected chi connectivity index (χ2v) is 9.84. The average Bonchev–Trinajstić information content (AvgIpc) is 3.36. The molecular formula is C21H22N2O4S2. The van der Waals surface area contributed by atoms with E-state index in [2.05, 4.69) is 5.32 Å². The summed E-state index contributed by atoms with van der Waals surface area (Å²) in [7, 11) is -2.00. The molecule has 0 spiro atoms. The highest BCUT2D eigenvalue weighted by Gasteiger charge is 2.32. The maximum Gasteiger partial charge on any atom is 0.240 e. The SMILES string of the molecule is COc1ccc2ccc(S(=O)(=O)CN[C@H]3CCN(Cc4ccsc4)C3=O)cc2c1. The van der Waals surface area contributed by atoms with Gasteiger partial charge in [-0.05, 0) is 63.8 Å². The zero-order chi connectivity index (χ0) is 20.4. The topological polar surface area (TPSA) is 75.7 Å². The van der Waals surface area contributed by atoms with E-state index in [1.54, 1.807) is 41.5 Å². The van der Waals surface area contributed by atoms with Gasteiger partial charge >= 0.3 is 0 Å². The van der Waals surface area contributed by atoms with Gasteiger partial charge in [-0.2, -0.15) is 11.3 Å². The molecule has 1 atom stereocenters. The number of sulfone groups is 1. The molecule has 0 unspecified atom stereocenters. The molecule has 2 aromatic carbocycles. The molecule has 6 nitrogen and oxygen atoms in total. The summed E-state index contributed by atoms with van der Waals surface area (Å²) in [6, 6.07) is 12.1. The highest BCUT2D eigenvalue weighted by atomic mass is 32.2. The van der Waals surface area contributed by atoms with Crippen LogP contribution in [0.15, 0.2) is 58.1 Å². The molecule has 3 aromatic rings. The number of hydrogen-bond acceptors (Lipinski definition) is 6. The van der Waals surface area contributed by atoms with Crippen LogP contribution in [0.3, 0.4) is 0 Å². The molecular weight excluding hydrogens is 408 g/mol. The normalized spacial score (nSPS) is 17.2. The van der Waals surface area contributed by atoms with Gasteiger partial charge in [0.1, 0.15) is 11.6 Å². The fourth-order valence-corrected chi connectivity index (χ4v) is 5.33. The Morgan fingerprint density at radius 3 is 2.76 bits per heavy atom. The van der Waals surface area contributed by atoms with Gasteiger partial charge in [-0.25, -0.2) is 8.42 Å². The first kappa shape index (κ1) is 19.9. The molecule has 1 amide bonds. The quantitative estimate of drug-likeness (QED) is 0.624. The number of carbonyl (C=O) groups is 1. The molecule has 4 rings (SSSR count). The number of methoxy groups -OCH3 is 1. The average molecular weight is 431 g/mol. The lowest BCUT2D eigenvalue weighted by atomic mass is 10.1. The minimum Gasteiger partial charge on any atom is -0.497 e. The number of nitrogens with one attached hydrogen (secondary N) is 1. The molecule has 0 saturated carbocycles. The van der Waals surface area contributed by atoms with E-state index in [-0.39, 0.29) is 16.7 Å². The third-order valence-corrected chi connectivity index (χ3v) is 7.40. The number of carbonyl (C=O) groups excluding carboxylic acids is 1. The van der Waals surface area contributed by atoms with Crippen molar-refractivity contribution in [3.05, 3.63) is 58.8 Å². The van der Waals surface area contributed by atoms with Crippen LogP contribution in [0.1, 0.15) is 12.0 Å². The van der Waals surface area contributed by atoms with Gasteiger partial charge in [0.2, 0.25) is 5.91 Å². The standard InChI is InChI=1S/C21H22N2O4S2/c1-27-18-4-2-16-3-5-19(11-17(16)10-18)29(25,26)14-22-20-6-8-23(21(20)24)12-15-7-9-28-13-15/h2-5,7,9-11,13,20,22H,6,8,12,14H2,1H3/t20-/m0/s1. The Labute approximate surface area is 174 Å². The lowest BCUT2D eigenvalue weighted by molar-refractivity contribution is -0.129. The number of thiophene rings is 1. The van der Waals surface area contributed by atoms with Crippen LogP contribution in [0.5, 0.6) is 5.75 Å². The maximum absolute atomic E-state index is 12.8. The molecule has 152 valence electrons. The molecule has 0 bridgehead atoms. The first-order valence-corrected chi connectivity index (χ1v) is 11.9. The monoisotopic (exact) mass is 430 g/mol. The van der Waals surface area contributed by atoms with Crippen LogP contribution in [0.25, 0.3) is 10.8 Å². The molecule has 2 heterocycles. The number of ether oxygens (including phenoxy) is 1. The predicted octanol–water partition coefficient (Wildman–Crippen LogP) is 3.03. The van der Waals surface area contributed by atoms with Crippen molar-refractivity contribution in [2.45, 2.75) is 23.9 Å². The van der Waals surface area contributed by atoms with Crippen molar-refractivity contribution in [1.29, 1.82) is 0 Å². The van der Waals surface area contributed by atoms with Crippen molar-refractivity contribution in [3.63, 3.8) is 0 Å². The van der Waals surface area contributed by atoms with E-state index in [1.165, 1.54) is 0 Å². The largest absolute Gasteiger partial charge is 0.497 e. The van der Waals surface area contributed by atoms with E-state index < -0.39 is 15.9 Å². The molecule has 1 saturated heterocycles. The van der Waals surface area contributed by atoms with Crippen LogP contribution in [0.4, 0.5) is 0 Å². The number of likely N-dealkylation sites (tertiary alicyclic amines) is 1. The summed E-state index contributed by atoms with van der Waals surface area (Å²) in [5.74, 6) is 0.354. The van der Waals surface area contributed by atoms with E-state index in [0.717, 1.165) is 16.3 Å². The Morgan fingerprint density at radius 1 is 1.17 bits per heavy atom. The fourth-order valence-electron chi connectivity index (χ4n) is 3.51. The Morgan fingerprint density at radius 2 is 2.00 bits per heavy atom. The molecule has 1 aliphatic rings. The predicted molar refractivity (Wildman–Crippen MR) is 114 cm³/mol. The molecule has 1 N–H and O–H groups in total. The van der Waals surface area contributed by atoms with E-state index in [9.17, 15) is 13.2 Å².